The molecule has 0 bridgehead atoms. The van der Waals surface area contributed by atoms with Crippen LogP contribution in [0.2, 0.25) is 0 Å². The maximum atomic E-state index is 13.6. The third-order valence-corrected chi connectivity index (χ3v) is 7.25. The highest BCUT2D eigenvalue weighted by atomic mass is 32.2. The van der Waals surface area contributed by atoms with E-state index in [1.807, 2.05) is 11.0 Å². The molecule has 0 unspecified atom stereocenters. The predicted octanol–water partition coefficient (Wildman–Crippen LogP) is 3.30. The van der Waals surface area contributed by atoms with Crippen LogP contribution >= 0.6 is 0 Å². The second kappa shape index (κ2) is 9.90. The number of hydrogen-bond donors (Lipinski definition) is 2. The van der Waals surface area contributed by atoms with Crippen LogP contribution in [0.15, 0.2) is 36.5 Å². The molecule has 1 aromatic carbocycles. The average molecular weight is 482 g/mol. The lowest BCUT2D eigenvalue weighted by Crippen LogP contribution is -2.48. The van der Waals surface area contributed by atoms with Gasteiger partial charge in [0.05, 0.1) is 31.2 Å². The van der Waals surface area contributed by atoms with Crippen LogP contribution in [0.25, 0.3) is 0 Å². The molecule has 1 aliphatic heterocycles. The van der Waals surface area contributed by atoms with Crippen LogP contribution in [0.5, 0.6) is 5.75 Å². The van der Waals surface area contributed by atoms with Gasteiger partial charge in [-0.2, -0.15) is 0 Å². The van der Waals surface area contributed by atoms with Gasteiger partial charge < -0.3 is 14.7 Å². The quantitative estimate of drug-likeness (QED) is 0.631. The molecule has 0 radical (unpaired) electrons. The lowest BCUT2D eigenvalue weighted by atomic mass is 9.82. The smallest absolute Gasteiger partial charge is 0.209 e. The molecule has 2 N–H and O–H groups in total. The number of sulfonamides is 1. The third kappa shape index (κ3) is 5.99. The van der Waals surface area contributed by atoms with Crippen molar-refractivity contribution in [3.8, 4) is 5.75 Å². The summed E-state index contributed by atoms with van der Waals surface area (Å²) in [7, 11) is -3.44. The van der Waals surface area contributed by atoms with Gasteiger partial charge in [-0.15, -0.1) is 0 Å². The van der Waals surface area contributed by atoms with Crippen molar-refractivity contribution in [2.75, 3.05) is 24.3 Å². The van der Waals surface area contributed by atoms with Crippen LogP contribution in [0.1, 0.15) is 43.6 Å². The lowest BCUT2D eigenvalue weighted by molar-refractivity contribution is 0.0156. The van der Waals surface area contributed by atoms with Crippen LogP contribution in [-0.2, 0) is 14.8 Å². The molecule has 2 heterocycles. The maximum absolute atomic E-state index is 13.6. The summed E-state index contributed by atoms with van der Waals surface area (Å²) in [6.07, 6.45) is 6.05. The van der Waals surface area contributed by atoms with Crippen molar-refractivity contribution < 1.29 is 27.0 Å². The van der Waals surface area contributed by atoms with Crippen molar-refractivity contribution in [1.29, 1.82) is 0 Å². The average Bonchev–Trinajstić information content (AvgIpc) is 3.15. The summed E-state index contributed by atoms with van der Waals surface area (Å²) in [4.78, 5) is 5.92. The Hall–Kier alpha value is -2.30. The number of hydrogen-bond acceptors (Lipinski definition) is 6. The largest absolute Gasteiger partial charge is 0.505 e. The zero-order chi connectivity index (χ0) is 23.6. The van der Waals surface area contributed by atoms with E-state index < -0.39 is 27.6 Å². The highest BCUT2D eigenvalue weighted by Crippen LogP contribution is 2.35. The van der Waals surface area contributed by atoms with Gasteiger partial charge in [0, 0.05) is 18.7 Å². The number of halogens is 2. The van der Waals surface area contributed by atoms with E-state index in [4.69, 9.17) is 4.74 Å². The Bertz CT molecular complexity index is 1080. The normalized spacial score (nSPS) is 26.0. The van der Waals surface area contributed by atoms with Crippen LogP contribution in [-0.4, -0.2) is 56.1 Å². The number of anilines is 1. The highest BCUT2D eigenvalue weighted by molar-refractivity contribution is 7.88. The molecule has 33 heavy (non-hydrogen) atoms. The molecule has 1 saturated heterocycles. The fourth-order valence-electron chi connectivity index (χ4n) is 4.89. The van der Waals surface area contributed by atoms with Gasteiger partial charge in [-0.1, -0.05) is 12.1 Å². The molecule has 2 atom stereocenters. The number of benzene rings is 1. The monoisotopic (exact) mass is 481 g/mol. The summed E-state index contributed by atoms with van der Waals surface area (Å²) in [5.74, 6) is -0.872. The summed E-state index contributed by atoms with van der Waals surface area (Å²) >= 11 is 0. The van der Waals surface area contributed by atoms with E-state index in [2.05, 4.69) is 9.71 Å². The molecule has 1 saturated carbocycles. The molecule has 1 aromatic heterocycles. The van der Waals surface area contributed by atoms with Crippen molar-refractivity contribution in [3.05, 3.63) is 53.7 Å². The fourth-order valence-corrected chi connectivity index (χ4v) is 5.71. The number of rotatable bonds is 7. The molecule has 0 spiro atoms. The Balaban J connectivity index is 1.41. The van der Waals surface area contributed by atoms with Crippen molar-refractivity contribution >= 4 is 15.8 Å². The van der Waals surface area contributed by atoms with Gasteiger partial charge in [0.25, 0.3) is 0 Å². The Morgan fingerprint density at radius 3 is 2.61 bits per heavy atom. The number of aromatic nitrogens is 1. The second-order valence-corrected chi connectivity index (χ2v) is 10.7. The molecule has 0 amide bonds. The molecule has 2 aliphatic rings. The van der Waals surface area contributed by atoms with Crippen molar-refractivity contribution in [1.82, 2.24) is 9.71 Å². The maximum Gasteiger partial charge on any atom is 0.209 e. The first-order valence-corrected chi connectivity index (χ1v) is 13.0. The summed E-state index contributed by atoms with van der Waals surface area (Å²) in [6.45, 7) is 0.758. The molecular weight excluding hydrogens is 452 g/mol. The topological polar surface area (TPSA) is 91.8 Å². The van der Waals surface area contributed by atoms with Gasteiger partial charge in [-0.25, -0.2) is 26.9 Å². The van der Waals surface area contributed by atoms with Crippen molar-refractivity contribution in [3.63, 3.8) is 0 Å². The summed E-state index contributed by atoms with van der Waals surface area (Å²) in [5, 5.41) is 9.76. The minimum atomic E-state index is -3.44. The third-order valence-electron chi connectivity index (χ3n) is 6.52. The number of nitrogens with zero attached hydrogens (tertiary/aromatic N) is 2. The van der Waals surface area contributed by atoms with Crippen LogP contribution in [0, 0.1) is 11.6 Å². The zero-order valence-electron chi connectivity index (χ0n) is 18.5. The Labute approximate surface area is 192 Å². The lowest BCUT2D eigenvalue weighted by Gasteiger charge is -2.33. The predicted molar refractivity (Wildman–Crippen MR) is 121 cm³/mol. The second-order valence-electron chi connectivity index (χ2n) is 8.90. The van der Waals surface area contributed by atoms with Crippen molar-refractivity contribution in [2.45, 2.75) is 56.2 Å². The van der Waals surface area contributed by atoms with Gasteiger partial charge in [0.15, 0.2) is 11.6 Å². The van der Waals surface area contributed by atoms with Crippen LogP contribution in [0.3, 0.4) is 0 Å². The van der Waals surface area contributed by atoms with Crippen LogP contribution in [0.4, 0.5) is 14.6 Å². The highest BCUT2D eigenvalue weighted by Gasteiger charge is 2.38. The number of nitrogens with one attached hydrogen (secondary N) is 1. The Kier molecular flexibility index (Phi) is 7.16. The summed E-state index contributed by atoms with van der Waals surface area (Å²) in [6, 6.07) is 7.23. The summed E-state index contributed by atoms with van der Waals surface area (Å²) in [5.41, 5.74) is 1.01. The van der Waals surface area contributed by atoms with Gasteiger partial charge >= 0.3 is 0 Å². The summed E-state index contributed by atoms with van der Waals surface area (Å²) < 4.78 is 59.7. The molecule has 10 heteroatoms. The minimum Gasteiger partial charge on any atom is -0.505 e. The van der Waals surface area contributed by atoms with E-state index in [0.717, 1.165) is 43.7 Å². The first-order valence-electron chi connectivity index (χ1n) is 11.1. The van der Waals surface area contributed by atoms with E-state index in [1.54, 1.807) is 12.1 Å². The first kappa shape index (κ1) is 23.8. The number of ether oxygens (including phenoxy) is 1. The molecule has 180 valence electrons. The van der Waals surface area contributed by atoms with E-state index in [-0.39, 0.29) is 24.6 Å². The van der Waals surface area contributed by atoms with E-state index in [1.165, 1.54) is 12.1 Å². The number of aromatic hydroxyl groups is 1. The van der Waals surface area contributed by atoms with E-state index in [9.17, 15) is 22.3 Å². The van der Waals surface area contributed by atoms with Gasteiger partial charge in [0.1, 0.15) is 11.6 Å². The molecule has 1 aliphatic carbocycles. The molecule has 4 rings (SSSR count). The fraction of sp³-hybridized carbons (Fsp3) is 0.522. The zero-order valence-corrected chi connectivity index (χ0v) is 19.3. The van der Waals surface area contributed by atoms with Crippen LogP contribution < -0.4 is 9.62 Å². The Morgan fingerprint density at radius 1 is 1.18 bits per heavy atom. The molecule has 2 aromatic rings. The van der Waals surface area contributed by atoms with E-state index in [0.29, 0.717) is 24.7 Å². The standard InChI is InChI=1S/C23H29F2N3O4S/c1-33(30,31)27-20-9-10-28(23-12-22(29)19(25)13-26-23)21(20)14-32-18-7-5-15(6-8-18)16-3-2-4-17(24)11-16/h2-4,11-13,15,18,20-21,27H,5-10,14H2,1H3,(H,26,29)/t15?,18?,20-,21-/m0/s1. The molecule has 7 nitrogen and oxygen atoms in total. The molecule has 2 fully saturated rings. The Morgan fingerprint density at radius 2 is 1.94 bits per heavy atom. The van der Waals surface area contributed by atoms with E-state index >= 15 is 0 Å². The minimum absolute atomic E-state index is 0.0192. The molecular formula is C23H29F2N3O4S. The van der Waals surface area contributed by atoms with Crippen molar-refractivity contribution in [2.24, 2.45) is 0 Å². The van der Waals surface area contributed by atoms with Gasteiger partial charge in [0.2, 0.25) is 10.0 Å². The van der Waals surface area contributed by atoms with Gasteiger partial charge in [-0.05, 0) is 55.7 Å². The number of pyridine rings is 1. The SMILES string of the molecule is CS(=O)(=O)N[C@H]1CCN(c2cc(O)c(F)cn2)[C@H]1COC1CCC(c2cccc(F)c2)CC1. The first-order chi connectivity index (χ1) is 15.7. The van der Waals surface area contributed by atoms with Gasteiger partial charge in [-0.3, -0.25) is 0 Å².